The zero-order valence-corrected chi connectivity index (χ0v) is 9.34. The van der Waals surface area contributed by atoms with Crippen molar-refractivity contribution < 1.29 is 0 Å². The summed E-state index contributed by atoms with van der Waals surface area (Å²) in [4.78, 5) is 0.490. The molecule has 0 aliphatic rings. The van der Waals surface area contributed by atoms with Gasteiger partial charge < -0.3 is 5.73 Å². The van der Waals surface area contributed by atoms with Gasteiger partial charge in [0.25, 0.3) is 0 Å². The Labute approximate surface area is 90.0 Å². The van der Waals surface area contributed by atoms with Crippen LogP contribution in [-0.4, -0.2) is 4.99 Å². The number of hydrogen-bond acceptors (Lipinski definition) is 1. The van der Waals surface area contributed by atoms with Gasteiger partial charge in [-0.2, -0.15) is 0 Å². The fourth-order valence-corrected chi connectivity index (χ4v) is 1.56. The fraction of sp³-hybridized carbons (Fsp3) is 0.125. The van der Waals surface area contributed by atoms with Crippen molar-refractivity contribution in [3.63, 3.8) is 0 Å². The molecule has 4 heteroatoms. The Hall–Kier alpha value is -0.120. The van der Waals surface area contributed by atoms with Crippen LogP contribution in [0, 0.1) is 0 Å². The molecule has 0 saturated heterocycles. The molecule has 2 N–H and O–H groups in total. The van der Waals surface area contributed by atoms with Crippen LogP contribution in [0.3, 0.4) is 0 Å². The summed E-state index contributed by atoms with van der Waals surface area (Å²) in [6.45, 7) is 0. The van der Waals surface area contributed by atoms with Gasteiger partial charge in [0.2, 0.25) is 0 Å². The molecule has 1 aromatic rings. The standard InChI is InChI=1S/C8H7BrClNS/c9-6-3-5(4-8(11)12)1-2-7(6)10/h1-3H,4H2,(H2,11,12). The molecule has 64 valence electrons. The highest BCUT2D eigenvalue weighted by Gasteiger charge is 1.99. The van der Waals surface area contributed by atoms with Crippen molar-refractivity contribution in [2.24, 2.45) is 5.73 Å². The van der Waals surface area contributed by atoms with E-state index in [1.54, 1.807) is 0 Å². The molecule has 0 bridgehead atoms. The lowest BCUT2D eigenvalue weighted by molar-refractivity contribution is 1.32. The highest BCUT2D eigenvalue weighted by Crippen LogP contribution is 2.23. The monoisotopic (exact) mass is 263 g/mol. The van der Waals surface area contributed by atoms with E-state index in [4.69, 9.17) is 29.6 Å². The van der Waals surface area contributed by atoms with Crippen LogP contribution in [0.5, 0.6) is 0 Å². The highest BCUT2D eigenvalue weighted by atomic mass is 79.9. The Kier molecular flexibility index (Phi) is 3.50. The predicted molar refractivity (Wildman–Crippen MR) is 59.6 cm³/mol. The minimum absolute atomic E-state index is 0.490. The molecule has 1 aromatic carbocycles. The second-order valence-corrected chi connectivity index (χ2v) is 4.18. The van der Waals surface area contributed by atoms with Crippen molar-refractivity contribution in [1.82, 2.24) is 0 Å². The van der Waals surface area contributed by atoms with Gasteiger partial charge in [-0.25, -0.2) is 0 Å². The van der Waals surface area contributed by atoms with Crippen LogP contribution in [0.15, 0.2) is 22.7 Å². The molecule has 0 aliphatic carbocycles. The summed E-state index contributed by atoms with van der Waals surface area (Å²) >= 11 is 13.9. The van der Waals surface area contributed by atoms with Crippen molar-refractivity contribution in [2.45, 2.75) is 6.42 Å². The van der Waals surface area contributed by atoms with E-state index in [1.807, 2.05) is 18.2 Å². The number of benzene rings is 1. The summed E-state index contributed by atoms with van der Waals surface area (Å²) in [5.41, 5.74) is 6.46. The molecule has 0 aromatic heterocycles. The Morgan fingerprint density at radius 3 is 2.75 bits per heavy atom. The lowest BCUT2D eigenvalue weighted by Crippen LogP contribution is -2.10. The summed E-state index contributed by atoms with van der Waals surface area (Å²) in [6, 6.07) is 5.65. The van der Waals surface area contributed by atoms with Gasteiger partial charge in [0.15, 0.2) is 0 Å². The molecule has 0 saturated carbocycles. The minimum Gasteiger partial charge on any atom is -0.393 e. The molecule has 1 rings (SSSR count). The second kappa shape index (κ2) is 4.21. The third-order valence-corrected chi connectivity index (χ3v) is 2.72. The third-order valence-electron chi connectivity index (χ3n) is 1.36. The third kappa shape index (κ3) is 2.73. The average molecular weight is 265 g/mol. The summed E-state index contributed by atoms with van der Waals surface area (Å²) < 4.78 is 0.873. The van der Waals surface area contributed by atoms with Gasteiger partial charge in [-0.15, -0.1) is 0 Å². The van der Waals surface area contributed by atoms with Crippen LogP contribution in [0.4, 0.5) is 0 Å². The van der Waals surface area contributed by atoms with E-state index in [9.17, 15) is 0 Å². The predicted octanol–water partition coefficient (Wildman–Crippen LogP) is 2.93. The van der Waals surface area contributed by atoms with E-state index in [1.165, 1.54) is 0 Å². The number of rotatable bonds is 2. The SMILES string of the molecule is NC(=S)Cc1ccc(Cl)c(Br)c1. The van der Waals surface area contributed by atoms with Crippen LogP contribution in [0.1, 0.15) is 5.56 Å². The summed E-state index contributed by atoms with van der Waals surface area (Å²) in [5.74, 6) is 0. The number of thiocarbonyl (C=S) groups is 1. The first-order valence-corrected chi connectivity index (χ1v) is 4.90. The smallest absolute Gasteiger partial charge is 0.0771 e. The highest BCUT2D eigenvalue weighted by molar-refractivity contribution is 9.10. The fourth-order valence-electron chi connectivity index (χ4n) is 0.851. The van der Waals surface area contributed by atoms with Crippen LogP contribution >= 0.6 is 39.7 Å². The van der Waals surface area contributed by atoms with Gasteiger partial charge in [-0.05, 0) is 33.6 Å². The van der Waals surface area contributed by atoms with Crippen molar-refractivity contribution >= 4 is 44.7 Å². The Morgan fingerprint density at radius 1 is 1.58 bits per heavy atom. The minimum atomic E-state index is 0.490. The lowest BCUT2D eigenvalue weighted by atomic mass is 10.1. The summed E-state index contributed by atoms with van der Waals surface area (Å²) in [7, 11) is 0. The van der Waals surface area contributed by atoms with Crippen LogP contribution in [0.2, 0.25) is 5.02 Å². The van der Waals surface area contributed by atoms with E-state index in [0.717, 1.165) is 10.0 Å². The number of nitrogens with two attached hydrogens (primary N) is 1. The lowest BCUT2D eigenvalue weighted by Gasteiger charge is -2.01. The first kappa shape index (κ1) is 9.96. The van der Waals surface area contributed by atoms with E-state index in [2.05, 4.69) is 15.9 Å². The molecule has 0 radical (unpaired) electrons. The largest absolute Gasteiger partial charge is 0.393 e. The van der Waals surface area contributed by atoms with Crippen molar-refractivity contribution in [2.75, 3.05) is 0 Å². The maximum Gasteiger partial charge on any atom is 0.0771 e. The molecular formula is C8H7BrClNS. The average Bonchev–Trinajstić information content (AvgIpc) is 1.96. The van der Waals surface area contributed by atoms with Crippen LogP contribution in [0.25, 0.3) is 0 Å². The molecule has 0 heterocycles. The molecule has 0 aliphatic heterocycles. The Morgan fingerprint density at radius 2 is 2.25 bits per heavy atom. The maximum atomic E-state index is 5.81. The number of halogens is 2. The van der Waals surface area contributed by atoms with Gasteiger partial charge in [-0.3, -0.25) is 0 Å². The van der Waals surface area contributed by atoms with Crippen LogP contribution in [-0.2, 0) is 6.42 Å². The van der Waals surface area contributed by atoms with Crippen LogP contribution < -0.4 is 5.73 Å². The van der Waals surface area contributed by atoms with Gasteiger partial charge in [0, 0.05) is 10.9 Å². The van der Waals surface area contributed by atoms with Gasteiger partial charge in [-0.1, -0.05) is 29.9 Å². The van der Waals surface area contributed by atoms with Gasteiger partial charge >= 0.3 is 0 Å². The zero-order valence-electron chi connectivity index (χ0n) is 6.18. The van der Waals surface area contributed by atoms with E-state index in [0.29, 0.717) is 16.4 Å². The summed E-state index contributed by atoms with van der Waals surface area (Å²) in [6.07, 6.45) is 0.616. The number of hydrogen-bond donors (Lipinski definition) is 1. The quantitative estimate of drug-likeness (QED) is 0.831. The molecular weight excluding hydrogens is 258 g/mol. The Balaban J connectivity index is 2.89. The first-order chi connectivity index (χ1) is 5.59. The molecule has 0 spiro atoms. The zero-order chi connectivity index (χ0) is 9.14. The van der Waals surface area contributed by atoms with Gasteiger partial charge in [0.1, 0.15) is 0 Å². The topological polar surface area (TPSA) is 26.0 Å². The van der Waals surface area contributed by atoms with Crippen molar-refractivity contribution in [3.8, 4) is 0 Å². The maximum absolute atomic E-state index is 5.81. The van der Waals surface area contributed by atoms with Crippen molar-refractivity contribution in [3.05, 3.63) is 33.3 Å². The van der Waals surface area contributed by atoms with Crippen molar-refractivity contribution in [1.29, 1.82) is 0 Å². The normalized spacial score (nSPS) is 9.83. The van der Waals surface area contributed by atoms with E-state index in [-0.39, 0.29) is 0 Å². The Bertz CT molecular complexity index is 314. The summed E-state index contributed by atoms with van der Waals surface area (Å²) in [5, 5.41) is 0.696. The molecule has 12 heavy (non-hydrogen) atoms. The van der Waals surface area contributed by atoms with E-state index < -0.39 is 0 Å². The molecule has 0 unspecified atom stereocenters. The first-order valence-electron chi connectivity index (χ1n) is 3.32. The van der Waals surface area contributed by atoms with Gasteiger partial charge in [0.05, 0.1) is 10.0 Å². The molecule has 1 nitrogen and oxygen atoms in total. The van der Waals surface area contributed by atoms with E-state index >= 15 is 0 Å². The molecule has 0 atom stereocenters. The molecule has 0 fully saturated rings. The molecule has 0 amide bonds. The second-order valence-electron chi connectivity index (χ2n) is 2.39.